The lowest BCUT2D eigenvalue weighted by atomic mass is 9.90. The number of para-hydroxylation sites is 1. The minimum absolute atomic E-state index is 0.0253. The monoisotopic (exact) mass is 462 g/mol. The van der Waals surface area contributed by atoms with Crippen LogP contribution in [0.15, 0.2) is 41.3 Å². The number of aromatic amines is 1. The summed E-state index contributed by atoms with van der Waals surface area (Å²) in [6.07, 6.45) is 4.01. The van der Waals surface area contributed by atoms with Crippen molar-refractivity contribution in [3.63, 3.8) is 0 Å². The van der Waals surface area contributed by atoms with Gasteiger partial charge in [0.1, 0.15) is 22.9 Å². The maximum atomic E-state index is 13.1. The molecule has 34 heavy (non-hydrogen) atoms. The average Bonchev–Trinajstić information content (AvgIpc) is 2.87. The first-order valence-corrected chi connectivity index (χ1v) is 11.4. The number of hydrogen-bond donors (Lipinski definition) is 3. The summed E-state index contributed by atoms with van der Waals surface area (Å²) in [4.78, 5) is 52.8. The van der Waals surface area contributed by atoms with Crippen molar-refractivity contribution in [1.82, 2.24) is 25.2 Å². The summed E-state index contributed by atoms with van der Waals surface area (Å²) < 4.78 is 0. The number of fused-ring (bicyclic) bond motifs is 4. The largest absolute Gasteiger partial charge is 0.506 e. The second-order valence-corrected chi connectivity index (χ2v) is 8.75. The molecule has 3 aromatic rings. The summed E-state index contributed by atoms with van der Waals surface area (Å²) in [6.45, 7) is 1.31. The van der Waals surface area contributed by atoms with E-state index >= 15 is 0 Å². The highest BCUT2D eigenvalue weighted by atomic mass is 16.3. The van der Waals surface area contributed by atoms with Gasteiger partial charge in [-0.2, -0.15) is 0 Å². The van der Waals surface area contributed by atoms with E-state index in [1.165, 1.54) is 6.07 Å². The maximum absolute atomic E-state index is 13.1. The van der Waals surface area contributed by atoms with Crippen molar-refractivity contribution in [2.24, 2.45) is 0 Å². The Morgan fingerprint density at radius 1 is 1.18 bits per heavy atom. The molecule has 1 aromatic carbocycles. The number of amides is 2. The number of piperazine rings is 1. The Kier molecular flexibility index (Phi) is 5.64. The SMILES string of the molecule is CNC(=O)c1ccc(N2CC3CCC2CN3C(=O)CCc2nc3c(O)cccc3c(=O)[nH]2)nc1. The van der Waals surface area contributed by atoms with Gasteiger partial charge in [-0.1, -0.05) is 6.07 Å². The van der Waals surface area contributed by atoms with Crippen LogP contribution in [0, 0.1) is 0 Å². The van der Waals surface area contributed by atoms with Crippen molar-refractivity contribution in [2.75, 3.05) is 25.0 Å². The predicted octanol–water partition coefficient (Wildman–Crippen LogP) is 1.20. The molecule has 0 saturated carbocycles. The lowest BCUT2D eigenvalue weighted by Crippen LogP contribution is -2.64. The number of aryl methyl sites for hydroxylation is 1. The van der Waals surface area contributed by atoms with Crippen molar-refractivity contribution in [2.45, 2.75) is 37.8 Å². The number of nitrogens with one attached hydrogen (secondary N) is 2. The Labute approximate surface area is 195 Å². The Bertz CT molecular complexity index is 1310. The van der Waals surface area contributed by atoms with E-state index in [-0.39, 0.29) is 47.1 Å². The highest BCUT2D eigenvalue weighted by Crippen LogP contribution is 2.32. The molecule has 176 valence electrons. The van der Waals surface area contributed by atoms with Crippen LogP contribution < -0.4 is 15.8 Å². The molecular weight excluding hydrogens is 436 g/mol. The van der Waals surface area contributed by atoms with Gasteiger partial charge in [-0.15, -0.1) is 0 Å². The van der Waals surface area contributed by atoms with Crippen molar-refractivity contribution in [3.05, 3.63) is 58.3 Å². The van der Waals surface area contributed by atoms with Crippen LogP contribution in [0.2, 0.25) is 0 Å². The summed E-state index contributed by atoms with van der Waals surface area (Å²) in [6, 6.07) is 8.57. The first kappa shape index (κ1) is 21.9. The zero-order valence-electron chi connectivity index (χ0n) is 18.8. The first-order valence-electron chi connectivity index (χ1n) is 11.4. The second-order valence-electron chi connectivity index (χ2n) is 8.75. The van der Waals surface area contributed by atoms with E-state index in [0.717, 1.165) is 18.7 Å². The maximum Gasteiger partial charge on any atom is 0.258 e. The molecule has 10 nitrogen and oxygen atoms in total. The van der Waals surface area contributed by atoms with E-state index in [1.54, 1.807) is 31.4 Å². The fraction of sp³-hybridized carbons (Fsp3) is 0.375. The predicted molar refractivity (Wildman–Crippen MR) is 126 cm³/mol. The lowest BCUT2D eigenvalue weighted by molar-refractivity contribution is -0.136. The molecule has 0 spiro atoms. The Hall–Kier alpha value is -3.95. The third-order valence-electron chi connectivity index (χ3n) is 6.72. The minimum atomic E-state index is -0.328. The van der Waals surface area contributed by atoms with Crippen LogP contribution >= 0.6 is 0 Å². The molecule has 3 aliphatic heterocycles. The van der Waals surface area contributed by atoms with Crippen molar-refractivity contribution < 1.29 is 14.7 Å². The summed E-state index contributed by atoms with van der Waals surface area (Å²) in [5.41, 5.74) is 0.432. The molecule has 3 saturated heterocycles. The van der Waals surface area contributed by atoms with Gasteiger partial charge in [-0.3, -0.25) is 14.4 Å². The summed E-state index contributed by atoms with van der Waals surface area (Å²) in [7, 11) is 1.59. The molecule has 10 heteroatoms. The zero-order valence-corrected chi connectivity index (χ0v) is 18.8. The van der Waals surface area contributed by atoms with E-state index in [1.807, 2.05) is 11.0 Å². The van der Waals surface area contributed by atoms with Crippen molar-refractivity contribution in [1.29, 1.82) is 0 Å². The summed E-state index contributed by atoms with van der Waals surface area (Å²) >= 11 is 0. The van der Waals surface area contributed by atoms with Crippen LogP contribution in [-0.2, 0) is 11.2 Å². The van der Waals surface area contributed by atoms with Gasteiger partial charge in [-0.25, -0.2) is 9.97 Å². The number of pyridine rings is 1. The van der Waals surface area contributed by atoms with Crippen LogP contribution in [0.3, 0.4) is 0 Å². The number of benzene rings is 1. The molecule has 2 unspecified atom stereocenters. The van der Waals surface area contributed by atoms with E-state index in [4.69, 9.17) is 0 Å². The van der Waals surface area contributed by atoms with Gasteiger partial charge >= 0.3 is 0 Å². The van der Waals surface area contributed by atoms with E-state index < -0.39 is 0 Å². The fourth-order valence-corrected chi connectivity index (χ4v) is 4.93. The van der Waals surface area contributed by atoms with Crippen molar-refractivity contribution in [3.8, 4) is 5.75 Å². The highest BCUT2D eigenvalue weighted by Gasteiger charge is 2.41. The van der Waals surface area contributed by atoms with Crippen LogP contribution in [-0.4, -0.2) is 69.0 Å². The molecule has 2 atom stereocenters. The van der Waals surface area contributed by atoms with Gasteiger partial charge < -0.3 is 25.2 Å². The molecule has 3 aliphatic rings. The number of aromatic hydroxyl groups is 1. The molecule has 0 radical (unpaired) electrons. The van der Waals surface area contributed by atoms with E-state index in [0.29, 0.717) is 36.3 Å². The van der Waals surface area contributed by atoms with Gasteiger partial charge in [-0.05, 0) is 37.1 Å². The number of carbonyl (C=O) groups excluding carboxylic acids is 2. The lowest BCUT2D eigenvalue weighted by Gasteiger charge is -2.52. The fourth-order valence-electron chi connectivity index (χ4n) is 4.93. The van der Waals surface area contributed by atoms with Crippen LogP contribution in [0.5, 0.6) is 5.75 Å². The molecular formula is C24H26N6O4. The zero-order chi connectivity index (χ0) is 23.8. The van der Waals surface area contributed by atoms with E-state index in [2.05, 4.69) is 25.2 Å². The number of carbonyl (C=O) groups is 2. The van der Waals surface area contributed by atoms with Gasteiger partial charge in [0, 0.05) is 51.3 Å². The summed E-state index contributed by atoms with van der Waals surface area (Å²) in [5.74, 6) is 0.996. The Morgan fingerprint density at radius 2 is 2.00 bits per heavy atom. The van der Waals surface area contributed by atoms with Gasteiger partial charge in [0.15, 0.2) is 0 Å². The molecule has 3 N–H and O–H groups in total. The third kappa shape index (κ3) is 3.95. The van der Waals surface area contributed by atoms with Gasteiger partial charge in [0.2, 0.25) is 5.91 Å². The van der Waals surface area contributed by atoms with Crippen LogP contribution in [0.25, 0.3) is 10.9 Å². The van der Waals surface area contributed by atoms with Crippen LogP contribution in [0.1, 0.15) is 35.4 Å². The van der Waals surface area contributed by atoms with Crippen molar-refractivity contribution >= 4 is 28.5 Å². The number of phenols is 1. The number of rotatable bonds is 5. The van der Waals surface area contributed by atoms with Gasteiger partial charge in [0.25, 0.3) is 11.5 Å². The number of piperidine rings is 2. The molecule has 5 heterocycles. The average molecular weight is 463 g/mol. The topological polar surface area (TPSA) is 132 Å². The first-order chi connectivity index (χ1) is 16.4. The molecule has 2 aromatic heterocycles. The number of nitrogens with zero attached hydrogens (tertiary/aromatic N) is 4. The normalized spacial score (nSPS) is 19.4. The quantitative estimate of drug-likeness (QED) is 0.519. The minimum Gasteiger partial charge on any atom is -0.506 e. The van der Waals surface area contributed by atoms with E-state index in [9.17, 15) is 19.5 Å². The Balaban J connectivity index is 1.25. The summed E-state index contributed by atoms with van der Waals surface area (Å²) in [5, 5.41) is 12.9. The molecule has 3 fully saturated rings. The van der Waals surface area contributed by atoms with Crippen LogP contribution in [0.4, 0.5) is 5.82 Å². The molecule has 2 amide bonds. The Morgan fingerprint density at radius 3 is 2.71 bits per heavy atom. The number of anilines is 1. The van der Waals surface area contributed by atoms with Gasteiger partial charge in [0.05, 0.1) is 10.9 Å². The molecule has 2 bridgehead atoms. The molecule has 6 rings (SSSR count). The molecule has 0 aliphatic carbocycles. The second kappa shape index (κ2) is 8.77. The third-order valence-corrected chi connectivity index (χ3v) is 6.72. The number of hydrogen-bond acceptors (Lipinski definition) is 7. The standard InChI is InChI=1S/C24H26N6O4/c1-25-23(33)14-5-9-20(26-11-14)29-12-16-7-6-15(29)13-30(16)21(32)10-8-19-27-22-17(24(34)28-19)3-2-4-18(22)31/h2-5,9,11,15-16,31H,6-8,10,12-13H2,1H3,(H,25,33)(H,27,28,34). The number of H-pyrrole nitrogens is 1. The smallest absolute Gasteiger partial charge is 0.258 e. The number of aromatic nitrogens is 3. The number of phenolic OH excluding ortho intramolecular Hbond substituents is 1. The highest BCUT2D eigenvalue weighted by molar-refractivity contribution is 5.93.